The molecule has 0 aromatic heterocycles. The van der Waals surface area contributed by atoms with Gasteiger partial charge in [-0.1, -0.05) is 6.07 Å². The predicted molar refractivity (Wildman–Crippen MR) is 82.6 cm³/mol. The topological polar surface area (TPSA) is 6.48 Å². The third kappa shape index (κ3) is 3.40. The third-order valence-electron chi connectivity index (χ3n) is 3.60. The first-order valence-corrected chi connectivity index (χ1v) is 7.67. The molecule has 1 aromatic rings. The van der Waals surface area contributed by atoms with Crippen molar-refractivity contribution in [1.82, 2.24) is 4.90 Å². The van der Waals surface area contributed by atoms with Crippen LogP contribution in [0.4, 0.5) is 5.69 Å². The smallest absolute Gasteiger partial charge is 0.0508 e. The largest absolute Gasteiger partial charge is 0.373 e. The normalized spacial score (nSPS) is 20.3. The van der Waals surface area contributed by atoms with E-state index in [1.54, 1.807) is 0 Å². The molecule has 2 rings (SSSR count). The van der Waals surface area contributed by atoms with Crippen LogP contribution in [0.5, 0.6) is 0 Å². The highest BCUT2D eigenvalue weighted by molar-refractivity contribution is 9.10. The minimum atomic E-state index is 0.565. The lowest BCUT2D eigenvalue weighted by atomic mass is 10.1. The van der Waals surface area contributed by atoms with Gasteiger partial charge in [-0.3, -0.25) is 0 Å². The number of likely N-dealkylation sites (tertiary alicyclic amines) is 1. The van der Waals surface area contributed by atoms with Crippen LogP contribution in [0.3, 0.4) is 0 Å². The summed E-state index contributed by atoms with van der Waals surface area (Å²) in [7, 11) is 4.37. The molecular formula is C14H20BrClN2. The maximum atomic E-state index is 5.84. The average molecular weight is 332 g/mol. The quantitative estimate of drug-likeness (QED) is 0.778. The number of hydrogen-bond acceptors (Lipinski definition) is 2. The van der Waals surface area contributed by atoms with Gasteiger partial charge in [-0.25, -0.2) is 0 Å². The molecule has 2 nitrogen and oxygen atoms in total. The predicted octanol–water partition coefficient (Wildman–Crippen LogP) is 3.58. The van der Waals surface area contributed by atoms with Gasteiger partial charge in [0.1, 0.15) is 0 Å². The highest BCUT2D eigenvalue weighted by atomic mass is 79.9. The summed E-state index contributed by atoms with van der Waals surface area (Å²) < 4.78 is 1.13. The molecule has 100 valence electrons. The van der Waals surface area contributed by atoms with Crippen LogP contribution >= 0.6 is 27.5 Å². The number of benzene rings is 1. The van der Waals surface area contributed by atoms with Crippen LogP contribution in [0.2, 0.25) is 0 Å². The first kappa shape index (κ1) is 14.2. The molecule has 1 fully saturated rings. The van der Waals surface area contributed by atoms with Crippen molar-refractivity contribution in [3.63, 3.8) is 0 Å². The highest BCUT2D eigenvalue weighted by Gasteiger charge is 2.21. The number of rotatable bonds is 4. The fraction of sp³-hybridized carbons (Fsp3) is 0.571. The lowest BCUT2D eigenvalue weighted by Crippen LogP contribution is -2.27. The molecule has 4 heteroatoms. The van der Waals surface area contributed by atoms with Gasteiger partial charge < -0.3 is 9.80 Å². The standard InChI is InChI=1S/C14H20BrClN2/c1-17-6-5-12(9-17)10-18(2)14-4-3-11(8-16)7-13(14)15/h3-4,7,12H,5-6,8-10H2,1-2H3. The Hall–Kier alpha value is -0.250. The van der Waals surface area contributed by atoms with Gasteiger partial charge in [-0.2, -0.15) is 0 Å². The van der Waals surface area contributed by atoms with Crippen LogP contribution in [-0.4, -0.2) is 38.6 Å². The molecule has 0 spiro atoms. The number of alkyl halides is 1. The van der Waals surface area contributed by atoms with Crippen molar-refractivity contribution in [2.75, 3.05) is 38.6 Å². The zero-order valence-corrected chi connectivity index (χ0v) is 13.3. The van der Waals surface area contributed by atoms with E-state index in [0.29, 0.717) is 5.88 Å². The van der Waals surface area contributed by atoms with Gasteiger partial charge in [0.05, 0.1) is 5.69 Å². The Bertz CT molecular complexity index is 411. The molecule has 1 aliphatic heterocycles. The van der Waals surface area contributed by atoms with E-state index in [4.69, 9.17) is 11.6 Å². The second kappa shape index (κ2) is 6.27. The Balaban J connectivity index is 2.02. The van der Waals surface area contributed by atoms with E-state index in [0.717, 1.165) is 22.5 Å². The van der Waals surface area contributed by atoms with Gasteiger partial charge in [0.15, 0.2) is 0 Å². The molecule has 1 aliphatic rings. The third-order valence-corrected chi connectivity index (χ3v) is 4.54. The molecule has 0 amide bonds. The van der Waals surface area contributed by atoms with E-state index in [2.05, 4.69) is 58.0 Å². The molecule has 1 atom stereocenters. The summed E-state index contributed by atoms with van der Waals surface area (Å²) >= 11 is 9.48. The highest BCUT2D eigenvalue weighted by Crippen LogP contribution is 2.28. The molecule has 1 saturated heterocycles. The Morgan fingerprint density at radius 3 is 2.83 bits per heavy atom. The van der Waals surface area contributed by atoms with E-state index >= 15 is 0 Å². The first-order valence-electron chi connectivity index (χ1n) is 6.34. The SMILES string of the molecule is CN1CCC(CN(C)c2ccc(CCl)cc2Br)C1. The van der Waals surface area contributed by atoms with Gasteiger partial charge in [-0.05, 0) is 59.6 Å². The van der Waals surface area contributed by atoms with Crippen LogP contribution in [0, 0.1) is 5.92 Å². The Labute approximate surface area is 123 Å². The molecule has 1 unspecified atom stereocenters. The minimum absolute atomic E-state index is 0.565. The molecular weight excluding hydrogens is 312 g/mol. The van der Waals surface area contributed by atoms with Crippen molar-refractivity contribution >= 4 is 33.2 Å². The minimum Gasteiger partial charge on any atom is -0.373 e. The number of anilines is 1. The second-order valence-electron chi connectivity index (χ2n) is 5.22. The number of nitrogens with zero attached hydrogens (tertiary/aromatic N) is 2. The van der Waals surface area contributed by atoms with Crippen molar-refractivity contribution in [3.8, 4) is 0 Å². The zero-order valence-electron chi connectivity index (χ0n) is 11.0. The van der Waals surface area contributed by atoms with E-state index in [-0.39, 0.29) is 0 Å². The van der Waals surface area contributed by atoms with Crippen LogP contribution in [-0.2, 0) is 5.88 Å². The summed E-state index contributed by atoms with van der Waals surface area (Å²) in [6.45, 7) is 3.55. The zero-order chi connectivity index (χ0) is 13.1. The maximum absolute atomic E-state index is 5.84. The molecule has 0 saturated carbocycles. The van der Waals surface area contributed by atoms with E-state index in [1.165, 1.54) is 25.2 Å². The molecule has 0 aliphatic carbocycles. The van der Waals surface area contributed by atoms with Crippen LogP contribution in [0.1, 0.15) is 12.0 Å². The Kier molecular flexibility index (Phi) is 4.93. The summed E-state index contributed by atoms with van der Waals surface area (Å²) in [4.78, 5) is 4.75. The lowest BCUT2D eigenvalue weighted by Gasteiger charge is -2.24. The molecule has 0 N–H and O–H groups in total. The summed E-state index contributed by atoms with van der Waals surface area (Å²) in [6.07, 6.45) is 1.30. The summed E-state index contributed by atoms with van der Waals surface area (Å²) in [6, 6.07) is 6.37. The Morgan fingerprint density at radius 2 is 2.28 bits per heavy atom. The molecule has 1 aromatic carbocycles. The van der Waals surface area contributed by atoms with Crippen molar-refractivity contribution in [2.24, 2.45) is 5.92 Å². The lowest BCUT2D eigenvalue weighted by molar-refractivity contribution is 0.396. The van der Waals surface area contributed by atoms with Crippen molar-refractivity contribution in [1.29, 1.82) is 0 Å². The van der Waals surface area contributed by atoms with Crippen molar-refractivity contribution in [3.05, 3.63) is 28.2 Å². The van der Waals surface area contributed by atoms with E-state index in [1.807, 2.05) is 0 Å². The van der Waals surface area contributed by atoms with E-state index < -0.39 is 0 Å². The number of hydrogen-bond donors (Lipinski definition) is 0. The van der Waals surface area contributed by atoms with E-state index in [9.17, 15) is 0 Å². The van der Waals surface area contributed by atoms with Crippen LogP contribution < -0.4 is 4.90 Å². The van der Waals surface area contributed by atoms with Crippen LogP contribution in [0.25, 0.3) is 0 Å². The number of halogens is 2. The van der Waals surface area contributed by atoms with Crippen molar-refractivity contribution in [2.45, 2.75) is 12.3 Å². The van der Waals surface area contributed by atoms with Gasteiger partial charge in [0.2, 0.25) is 0 Å². The fourth-order valence-electron chi connectivity index (χ4n) is 2.60. The maximum Gasteiger partial charge on any atom is 0.0508 e. The average Bonchev–Trinajstić information content (AvgIpc) is 2.74. The Morgan fingerprint density at radius 1 is 1.50 bits per heavy atom. The monoisotopic (exact) mass is 330 g/mol. The van der Waals surface area contributed by atoms with Crippen molar-refractivity contribution < 1.29 is 0 Å². The van der Waals surface area contributed by atoms with Gasteiger partial charge >= 0.3 is 0 Å². The summed E-state index contributed by atoms with van der Waals surface area (Å²) in [5.74, 6) is 1.34. The van der Waals surface area contributed by atoms with Crippen LogP contribution in [0.15, 0.2) is 22.7 Å². The summed E-state index contributed by atoms with van der Waals surface area (Å²) in [5.41, 5.74) is 2.40. The molecule has 18 heavy (non-hydrogen) atoms. The molecule has 0 radical (unpaired) electrons. The molecule has 1 heterocycles. The van der Waals surface area contributed by atoms with Gasteiger partial charge in [0, 0.05) is 30.5 Å². The second-order valence-corrected chi connectivity index (χ2v) is 6.34. The summed E-state index contributed by atoms with van der Waals surface area (Å²) in [5, 5.41) is 0. The fourth-order valence-corrected chi connectivity index (χ4v) is 3.50. The van der Waals surface area contributed by atoms with Gasteiger partial charge in [-0.15, -0.1) is 11.6 Å². The first-order chi connectivity index (χ1) is 8.60. The van der Waals surface area contributed by atoms with Gasteiger partial charge in [0.25, 0.3) is 0 Å². The molecule has 0 bridgehead atoms.